The van der Waals surface area contributed by atoms with Crippen molar-refractivity contribution < 1.29 is 9.26 Å². The molecule has 4 rings (SSSR count). The molecule has 2 aromatic heterocycles. The Morgan fingerprint density at radius 2 is 2.21 bits per heavy atom. The van der Waals surface area contributed by atoms with E-state index in [-0.39, 0.29) is 5.43 Å². The van der Waals surface area contributed by atoms with Crippen LogP contribution in [0, 0.1) is 17.9 Å². The van der Waals surface area contributed by atoms with E-state index < -0.39 is 0 Å². The highest BCUT2D eigenvalue weighted by Crippen LogP contribution is 2.21. The maximum atomic E-state index is 12.4. The van der Waals surface area contributed by atoms with Crippen LogP contribution in [0.5, 0.6) is 0 Å². The van der Waals surface area contributed by atoms with Crippen molar-refractivity contribution in [3.05, 3.63) is 63.9 Å². The van der Waals surface area contributed by atoms with E-state index >= 15 is 0 Å². The summed E-state index contributed by atoms with van der Waals surface area (Å²) in [5, 5.41) is 14.3. The quantitative estimate of drug-likeness (QED) is 0.215. The summed E-state index contributed by atoms with van der Waals surface area (Å²) in [6, 6.07) is 12.1. The molecule has 9 nitrogen and oxygen atoms in total. The summed E-state index contributed by atoms with van der Waals surface area (Å²) in [6.07, 6.45) is 5.48. The molecule has 0 saturated carbocycles. The van der Waals surface area contributed by atoms with Crippen molar-refractivity contribution in [2.45, 2.75) is 32.7 Å². The van der Waals surface area contributed by atoms with E-state index in [4.69, 9.17) is 9.26 Å². The molecule has 3 aromatic rings. The van der Waals surface area contributed by atoms with Gasteiger partial charge in [0.25, 0.3) is 0 Å². The van der Waals surface area contributed by atoms with E-state index in [1.165, 1.54) is 11.1 Å². The van der Waals surface area contributed by atoms with Gasteiger partial charge in [0.15, 0.2) is 0 Å². The molecule has 1 aromatic carbocycles. The molecular weight excluding hydrogens is 420 g/mol. The molecule has 0 radical (unpaired) electrons. The molecule has 0 aliphatic carbocycles. The first-order valence-electron chi connectivity index (χ1n) is 10.9. The number of aromatic nitrogens is 4. The second-order valence-corrected chi connectivity index (χ2v) is 7.86. The molecule has 33 heavy (non-hydrogen) atoms. The van der Waals surface area contributed by atoms with Gasteiger partial charge in [0.1, 0.15) is 5.69 Å². The molecule has 0 spiro atoms. The molecule has 9 heteroatoms. The molecule has 1 aliphatic heterocycles. The van der Waals surface area contributed by atoms with Crippen LogP contribution in [0.25, 0.3) is 11.4 Å². The minimum absolute atomic E-state index is 0.107. The van der Waals surface area contributed by atoms with E-state index in [2.05, 4.69) is 32.3 Å². The van der Waals surface area contributed by atoms with Crippen molar-refractivity contribution in [1.29, 1.82) is 0 Å². The van der Waals surface area contributed by atoms with E-state index in [1.807, 2.05) is 24.3 Å². The Labute approximate surface area is 192 Å². The normalized spacial score (nSPS) is 13.5. The summed E-state index contributed by atoms with van der Waals surface area (Å²) in [4.78, 5) is 16.9. The molecular formula is C24H26N6O3. The van der Waals surface area contributed by atoms with Gasteiger partial charge in [-0.05, 0) is 25.0 Å². The lowest BCUT2D eigenvalue weighted by Crippen LogP contribution is -2.27. The Kier molecular flexibility index (Phi) is 7.27. The number of hydrogen-bond donors (Lipinski definition) is 0. The van der Waals surface area contributed by atoms with Crippen molar-refractivity contribution in [2.75, 3.05) is 20.3 Å². The molecule has 0 unspecified atom stereocenters. The third kappa shape index (κ3) is 6.14. The van der Waals surface area contributed by atoms with Crippen LogP contribution in [-0.2, 0) is 24.1 Å². The molecule has 0 bridgehead atoms. The van der Waals surface area contributed by atoms with Crippen LogP contribution >= 0.6 is 0 Å². The maximum absolute atomic E-state index is 12.4. The molecule has 0 amide bonds. The number of benzene rings is 1. The average molecular weight is 447 g/mol. The lowest BCUT2D eigenvalue weighted by Gasteiger charge is -2.24. The van der Waals surface area contributed by atoms with Crippen molar-refractivity contribution in [1.82, 2.24) is 24.9 Å². The Morgan fingerprint density at radius 3 is 3.00 bits per heavy atom. The van der Waals surface area contributed by atoms with Crippen LogP contribution in [0.4, 0.5) is 0 Å². The molecule has 0 N–H and O–H groups in total. The Hall–Kier alpha value is -3.77. The highest BCUT2D eigenvalue weighted by molar-refractivity contribution is 5.57. The summed E-state index contributed by atoms with van der Waals surface area (Å²) in [5.41, 5.74) is 2.14. The Balaban J connectivity index is 1.43. The number of hydrazone groups is 1. The molecule has 0 atom stereocenters. The largest absolute Gasteiger partial charge is 0.381 e. The fraction of sp³-hybridized carbons (Fsp3) is 0.375. The van der Waals surface area contributed by atoms with Crippen LogP contribution < -0.4 is 5.43 Å². The van der Waals surface area contributed by atoms with E-state index in [0.29, 0.717) is 36.3 Å². The Bertz CT molecular complexity index is 1230. The van der Waals surface area contributed by atoms with E-state index in [9.17, 15) is 4.79 Å². The smallest absolute Gasteiger partial charge is 0.226 e. The van der Waals surface area contributed by atoms with Crippen molar-refractivity contribution in [3.63, 3.8) is 0 Å². The number of rotatable bonds is 9. The number of aryl methyl sites for hydroxylation is 1. The monoisotopic (exact) mass is 446 g/mol. The highest BCUT2D eigenvalue weighted by Gasteiger charge is 2.19. The van der Waals surface area contributed by atoms with Gasteiger partial charge in [-0.1, -0.05) is 29.3 Å². The van der Waals surface area contributed by atoms with Crippen LogP contribution in [0.3, 0.4) is 0 Å². The average Bonchev–Trinajstić information content (AvgIpc) is 3.24. The minimum Gasteiger partial charge on any atom is -0.381 e. The number of ether oxygens (including phenoxy) is 1. The molecule has 1 fully saturated rings. The van der Waals surface area contributed by atoms with Gasteiger partial charge < -0.3 is 9.26 Å². The third-order valence-electron chi connectivity index (χ3n) is 5.23. The van der Waals surface area contributed by atoms with Gasteiger partial charge in [0.2, 0.25) is 17.1 Å². The highest BCUT2D eigenvalue weighted by atomic mass is 16.5. The fourth-order valence-corrected chi connectivity index (χ4v) is 3.41. The van der Waals surface area contributed by atoms with Gasteiger partial charge in [0.05, 0.1) is 19.8 Å². The standard InChI is InChI=1S/C24H26N6O3/c1-3-11-29(2)25-10-13-30-12-9-22(31)21(27-30)15-18-5-4-6-20(14-18)24-26-23(33-28-24)8-7-19-16-32-17-19/h4-6,9-10,12,14,19H,7-8,13,15-17H2,1-2H3. The van der Waals surface area contributed by atoms with Crippen molar-refractivity contribution >= 4 is 6.21 Å². The van der Waals surface area contributed by atoms with Crippen LogP contribution in [0.15, 0.2) is 50.9 Å². The first-order valence-corrected chi connectivity index (χ1v) is 10.9. The van der Waals surface area contributed by atoms with Crippen LogP contribution in [0.1, 0.15) is 30.5 Å². The molecule has 3 heterocycles. The zero-order valence-electron chi connectivity index (χ0n) is 18.8. The number of hydrogen-bond acceptors (Lipinski definition) is 8. The topological polar surface area (TPSA) is 98.6 Å². The predicted octanol–water partition coefficient (Wildman–Crippen LogP) is 2.36. The zero-order valence-corrected chi connectivity index (χ0v) is 18.8. The fourth-order valence-electron chi connectivity index (χ4n) is 3.41. The second kappa shape index (κ2) is 10.7. The number of nitrogens with zero attached hydrogens (tertiary/aromatic N) is 6. The molecule has 170 valence electrons. The maximum Gasteiger partial charge on any atom is 0.226 e. The van der Waals surface area contributed by atoms with E-state index in [1.54, 1.807) is 31.1 Å². The van der Waals surface area contributed by atoms with Gasteiger partial charge in [-0.2, -0.15) is 15.2 Å². The lowest BCUT2D eigenvalue weighted by molar-refractivity contribution is -0.0359. The predicted molar refractivity (Wildman–Crippen MR) is 123 cm³/mol. The van der Waals surface area contributed by atoms with E-state index in [0.717, 1.165) is 37.2 Å². The summed E-state index contributed by atoms with van der Waals surface area (Å²) < 4.78 is 12.3. The summed E-state index contributed by atoms with van der Waals surface area (Å²) in [5.74, 6) is 4.54. The first-order chi connectivity index (χ1) is 16.1. The summed E-state index contributed by atoms with van der Waals surface area (Å²) in [7, 11) is 1.76. The van der Waals surface area contributed by atoms with Gasteiger partial charge in [-0.3, -0.25) is 9.48 Å². The molecule has 1 aliphatic rings. The summed E-state index contributed by atoms with van der Waals surface area (Å²) in [6.45, 7) is 3.81. The zero-order chi connectivity index (χ0) is 23.0. The molecule has 1 saturated heterocycles. The van der Waals surface area contributed by atoms with Gasteiger partial charge in [-0.25, -0.2) is 5.01 Å². The lowest BCUT2D eigenvalue weighted by atomic mass is 10.0. The van der Waals surface area contributed by atoms with Crippen LogP contribution in [0.2, 0.25) is 0 Å². The minimum atomic E-state index is -0.107. The van der Waals surface area contributed by atoms with Gasteiger partial charge >= 0.3 is 0 Å². The SMILES string of the molecule is CC#CN(C)N=CCn1ccc(=O)c(Cc2cccc(-c3noc(CCC4COC4)n3)c2)n1. The van der Waals surface area contributed by atoms with Gasteiger partial charge in [0, 0.05) is 55.9 Å². The first kappa shape index (κ1) is 22.4. The second-order valence-electron chi connectivity index (χ2n) is 7.86. The van der Waals surface area contributed by atoms with Crippen molar-refractivity contribution in [2.24, 2.45) is 11.0 Å². The van der Waals surface area contributed by atoms with Crippen molar-refractivity contribution in [3.8, 4) is 23.4 Å². The third-order valence-corrected chi connectivity index (χ3v) is 5.23. The Morgan fingerprint density at radius 1 is 1.33 bits per heavy atom. The summed E-state index contributed by atoms with van der Waals surface area (Å²) >= 11 is 0. The van der Waals surface area contributed by atoms with Gasteiger partial charge in [-0.15, -0.1) is 0 Å². The van der Waals surface area contributed by atoms with Crippen LogP contribution in [-0.4, -0.2) is 51.4 Å².